The summed E-state index contributed by atoms with van der Waals surface area (Å²) in [6.45, 7) is 3.38. The molecule has 2 rings (SSSR count). The average Bonchev–Trinajstić information content (AvgIpc) is 2.99. The largest absolute Gasteiger partial charge is 0.391 e. The molecule has 104 valence electrons. The summed E-state index contributed by atoms with van der Waals surface area (Å²) in [6, 6.07) is 1.48. The number of hydrogen-bond donors (Lipinski definition) is 2. The Kier molecular flexibility index (Phi) is 4.07. The van der Waals surface area contributed by atoms with E-state index in [0.717, 1.165) is 0 Å². The second-order valence-corrected chi connectivity index (χ2v) is 8.05. The molecule has 2 aromatic heterocycles. The number of sulfonamides is 1. The van der Waals surface area contributed by atoms with E-state index >= 15 is 0 Å². The number of aromatic nitrogens is 1. The van der Waals surface area contributed by atoms with E-state index in [9.17, 15) is 8.42 Å². The Morgan fingerprint density at radius 1 is 1.42 bits per heavy atom. The zero-order valence-corrected chi connectivity index (χ0v) is 12.9. The van der Waals surface area contributed by atoms with Gasteiger partial charge in [-0.15, -0.1) is 22.7 Å². The van der Waals surface area contributed by atoms with Gasteiger partial charge in [-0.05, 0) is 19.9 Å². The van der Waals surface area contributed by atoms with Gasteiger partial charge in [0, 0.05) is 21.8 Å². The molecule has 5 nitrogen and oxygen atoms in total. The maximum Gasteiger partial charge on any atom is 0.242 e. The second-order valence-electron chi connectivity index (χ2n) is 4.47. The molecule has 2 aromatic rings. The normalized spacial score (nSPS) is 12.8. The number of thiazole rings is 1. The summed E-state index contributed by atoms with van der Waals surface area (Å²) in [7, 11) is -3.62. The van der Waals surface area contributed by atoms with Gasteiger partial charge in [0.15, 0.2) is 0 Å². The lowest BCUT2D eigenvalue weighted by molar-refractivity contribution is 0.285. The van der Waals surface area contributed by atoms with Crippen LogP contribution in [0.2, 0.25) is 0 Å². The maximum absolute atomic E-state index is 12.3. The van der Waals surface area contributed by atoms with Crippen molar-refractivity contribution in [1.82, 2.24) is 9.71 Å². The SMILES string of the molecule is CC(C)(NS(=O)(=O)c1csc(CO)c1)c1nccs1. The minimum atomic E-state index is -3.62. The van der Waals surface area contributed by atoms with E-state index in [1.165, 1.54) is 34.1 Å². The van der Waals surface area contributed by atoms with Gasteiger partial charge < -0.3 is 5.11 Å². The molecule has 8 heteroatoms. The molecule has 0 spiro atoms. The molecule has 0 aliphatic carbocycles. The standard InChI is InChI=1S/C11H14N2O3S3/c1-11(2,10-12-3-4-17-10)13-19(15,16)9-5-8(6-14)18-7-9/h3-5,7,13-14H,6H2,1-2H3. The first kappa shape index (κ1) is 14.6. The van der Waals surface area contributed by atoms with Crippen LogP contribution >= 0.6 is 22.7 Å². The number of aliphatic hydroxyl groups excluding tert-OH is 1. The van der Waals surface area contributed by atoms with Crippen LogP contribution in [-0.4, -0.2) is 18.5 Å². The summed E-state index contributed by atoms with van der Waals surface area (Å²) in [4.78, 5) is 4.93. The van der Waals surface area contributed by atoms with Gasteiger partial charge in [0.2, 0.25) is 10.0 Å². The molecule has 0 atom stereocenters. The highest BCUT2D eigenvalue weighted by Gasteiger charge is 2.30. The zero-order chi connectivity index (χ0) is 14.1. The van der Waals surface area contributed by atoms with Crippen molar-refractivity contribution in [2.45, 2.75) is 30.9 Å². The van der Waals surface area contributed by atoms with Gasteiger partial charge in [-0.3, -0.25) is 0 Å². The van der Waals surface area contributed by atoms with E-state index in [1.54, 1.807) is 25.4 Å². The molecule has 0 amide bonds. The summed E-state index contributed by atoms with van der Waals surface area (Å²) in [6.07, 6.45) is 1.64. The van der Waals surface area contributed by atoms with E-state index in [2.05, 4.69) is 9.71 Å². The van der Waals surface area contributed by atoms with E-state index in [-0.39, 0.29) is 11.5 Å². The van der Waals surface area contributed by atoms with Gasteiger partial charge in [0.25, 0.3) is 0 Å². The van der Waals surface area contributed by atoms with Crippen molar-refractivity contribution in [3.63, 3.8) is 0 Å². The molecule has 0 aromatic carbocycles. The third-order valence-electron chi connectivity index (χ3n) is 2.45. The minimum Gasteiger partial charge on any atom is -0.391 e. The zero-order valence-electron chi connectivity index (χ0n) is 10.5. The average molecular weight is 318 g/mol. The van der Waals surface area contributed by atoms with E-state index in [1.807, 2.05) is 0 Å². The van der Waals surface area contributed by atoms with Crippen molar-refractivity contribution < 1.29 is 13.5 Å². The lowest BCUT2D eigenvalue weighted by Gasteiger charge is -2.23. The molecule has 0 bridgehead atoms. The molecule has 0 saturated heterocycles. The highest BCUT2D eigenvalue weighted by molar-refractivity contribution is 7.89. The van der Waals surface area contributed by atoms with Gasteiger partial charge in [0.05, 0.1) is 17.0 Å². The van der Waals surface area contributed by atoms with E-state index < -0.39 is 15.6 Å². The van der Waals surface area contributed by atoms with Gasteiger partial charge in [-0.25, -0.2) is 13.4 Å². The predicted octanol–water partition coefficient (Wildman–Crippen LogP) is 1.91. The van der Waals surface area contributed by atoms with Crippen LogP contribution in [0.4, 0.5) is 0 Å². The van der Waals surface area contributed by atoms with Crippen LogP contribution < -0.4 is 4.72 Å². The highest BCUT2D eigenvalue weighted by atomic mass is 32.2. The lowest BCUT2D eigenvalue weighted by atomic mass is 10.1. The van der Waals surface area contributed by atoms with Crippen LogP contribution in [0.25, 0.3) is 0 Å². The van der Waals surface area contributed by atoms with Crippen LogP contribution in [0.3, 0.4) is 0 Å². The summed E-state index contributed by atoms with van der Waals surface area (Å²) in [5, 5.41) is 13.0. The van der Waals surface area contributed by atoms with E-state index in [0.29, 0.717) is 9.88 Å². The Morgan fingerprint density at radius 2 is 2.16 bits per heavy atom. The van der Waals surface area contributed by atoms with Crippen LogP contribution in [-0.2, 0) is 22.2 Å². The molecular formula is C11H14N2O3S3. The fourth-order valence-electron chi connectivity index (χ4n) is 1.55. The fraction of sp³-hybridized carbons (Fsp3) is 0.364. The first-order chi connectivity index (χ1) is 8.85. The smallest absolute Gasteiger partial charge is 0.242 e. The third kappa shape index (κ3) is 3.21. The monoisotopic (exact) mass is 318 g/mol. The van der Waals surface area contributed by atoms with Crippen molar-refractivity contribution >= 4 is 32.7 Å². The quantitative estimate of drug-likeness (QED) is 0.882. The first-order valence-corrected chi connectivity index (χ1v) is 8.71. The minimum absolute atomic E-state index is 0.157. The van der Waals surface area contributed by atoms with Gasteiger partial charge in [-0.1, -0.05) is 0 Å². The summed E-state index contributed by atoms with van der Waals surface area (Å²) in [5.41, 5.74) is -0.770. The summed E-state index contributed by atoms with van der Waals surface area (Å²) in [5.74, 6) is 0. The Balaban J connectivity index is 2.26. The van der Waals surface area contributed by atoms with Gasteiger partial charge >= 0.3 is 0 Å². The Hall–Kier alpha value is -0.800. The molecule has 0 aliphatic rings. The summed E-state index contributed by atoms with van der Waals surface area (Å²) < 4.78 is 27.2. The van der Waals surface area contributed by atoms with Crippen LogP contribution in [0, 0.1) is 0 Å². The van der Waals surface area contributed by atoms with Crippen LogP contribution in [0.15, 0.2) is 27.9 Å². The fourth-order valence-corrected chi connectivity index (χ4v) is 4.85. The molecule has 2 N–H and O–H groups in total. The second kappa shape index (κ2) is 5.29. The highest BCUT2D eigenvalue weighted by Crippen LogP contribution is 2.26. The number of hydrogen-bond acceptors (Lipinski definition) is 6. The number of nitrogens with one attached hydrogen (secondary N) is 1. The van der Waals surface area contributed by atoms with Crippen LogP contribution in [0.5, 0.6) is 0 Å². The number of thiophene rings is 1. The molecule has 0 saturated carbocycles. The Labute approximate surface area is 120 Å². The van der Waals surface area contributed by atoms with Crippen LogP contribution in [0.1, 0.15) is 23.7 Å². The predicted molar refractivity (Wildman–Crippen MR) is 75.7 cm³/mol. The van der Waals surface area contributed by atoms with E-state index in [4.69, 9.17) is 5.11 Å². The third-order valence-corrected chi connectivity index (χ3v) is 6.26. The van der Waals surface area contributed by atoms with Crippen molar-refractivity contribution in [3.05, 3.63) is 32.9 Å². The molecule has 0 unspecified atom stereocenters. The molecule has 2 heterocycles. The lowest BCUT2D eigenvalue weighted by Crippen LogP contribution is -2.40. The number of rotatable bonds is 5. The number of aliphatic hydroxyl groups is 1. The Bertz CT molecular complexity index is 645. The molecule has 0 aliphatic heterocycles. The van der Waals surface area contributed by atoms with Crippen molar-refractivity contribution in [2.24, 2.45) is 0 Å². The molecule has 0 fully saturated rings. The van der Waals surface area contributed by atoms with Gasteiger partial charge in [-0.2, -0.15) is 4.72 Å². The van der Waals surface area contributed by atoms with Crippen molar-refractivity contribution in [1.29, 1.82) is 0 Å². The molecule has 0 radical (unpaired) electrons. The maximum atomic E-state index is 12.3. The Morgan fingerprint density at radius 3 is 2.68 bits per heavy atom. The molecule has 19 heavy (non-hydrogen) atoms. The topological polar surface area (TPSA) is 79.3 Å². The van der Waals surface area contributed by atoms with Crippen molar-refractivity contribution in [2.75, 3.05) is 0 Å². The van der Waals surface area contributed by atoms with Gasteiger partial charge in [0.1, 0.15) is 5.01 Å². The first-order valence-electron chi connectivity index (χ1n) is 5.47. The van der Waals surface area contributed by atoms with Crippen molar-refractivity contribution in [3.8, 4) is 0 Å². The molecular weight excluding hydrogens is 304 g/mol. The number of nitrogens with zero attached hydrogens (tertiary/aromatic N) is 1. The summed E-state index contributed by atoms with van der Waals surface area (Å²) >= 11 is 2.62.